The first-order valence-corrected chi connectivity index (χ1v) is 14.1. The molecule has 1 atom stereocenters. The van der Waals surface area contributed by atoms with E-state index < -0.39 is 15.6 Å². The minimum Gasteiger partial charge on any atom is -0.448 e. The van der Waals surface area contributed by atoms with Gasteiger partial charge in [0.05, 0.1) is 17.3 Å². The van der Waals surface area contributed by atoms with Crippen molar-refractivity contribution in [3.8, 4) is 11.5 Å². The molecular weight excluding hydrogens is 464 g/mol. The zero-order valence-electron chi connectivity index (χ0n) is 18.6. The van der Waals surface area contributed by atoms with Gasteiger partial charge in [0.15, 0.2) is 26.5 Å². The van der Waals surface area contributed by atoms with Crippen molar-refractivity contribution in [3.05, 3.63) is 24.0 Å². The van der Waals surface area contributed by atoms with Crippen LogP contribution in [0.5, 0.6) is 11.5 Å². The number of sulfone groups is 1. The third kappa shape index (κ3) is 4.98. The zero-order valence-corrected chi connectivity index (χ0v) is 20.2. The molecule has 9 nitrogen and oxygen atoms in total. The van der Waals surface area contributed by atoms with Gasteiger partial charge in [-0.15, -0.1) is 10.2 Å². The van der Waals surface area contributed by atoms with E-state index in [1.807, 2.05) is 29.8 Å². The van der Waals surface area contributed by atoms with E-state index in [0.29, 0.717) is 29.4 Å². The van der Waals surface area contributed by atoms with Crippen LogP contribution in [0.4, 0.5) is 5.69 Å². The molecule has 3 heterocycles. The highest BCUT2D eigenvalue weighted by molar-refractivity contribution is 7.99. The number of carbonyl (C=O) groups is 1. The van der Waals surface area contributed by atoms with E-state index in [9.17, 15) is 13.2 Å². The van der Waals surface area contributed by atoms with Gasteiger partial charge in [-0.05, 0) is 37.3 Å². The number of hydrogen-bond donors (Lipinski definition) is 1. The van der Waals surface area contributed by atoms with Crippen molar-refractivity contribution in [1.29, 1.82) is 0 Å². The van der Waals surface area contributed by atoms with E-state index >= 15 is 0 Å². The number of benzene rings is 1. The lowest BCUT2D eigenvalue weighted by atomic mass is 9.94. The Kier molecular flexibility index (Phi) is 6.02. The van der Waals surface area contributed by atoms with Crippen molar-refractivity contribution < 1.29 is 22.7 Å². The molecule has 2 fully saturated rings. The number of nitrogens with zero attached hydrogens (tertiary/aromatic N) is 3. The lowest BCUT2D eigenvalue weighted by molar-refractivity contribution is -0.113. The van der Waals surface area contributed by atoms with Crippen LogP contribution in [0.25, 0.3) is 0 Å². The Morgan fingerprint density at radius 2 is 2.00 bits per heavy atom. The number of amides is 1. The summed E-state index contributed by atoms with van der Waals surface area (Å²) < 4.78 is 37.4. The van der Waals surface area contributed by atoms with Crippen LogP contribution in [-0.2, 0) is 28.1 Å². The summed E-state index contributed by atoms with van der Waals surface area (Å²) in [5, 5.41) is 11.9. The van der Waals surface area contributed by atoms with E-state index in [4.69, 9.17) is 9.47 Å². The first kappa shape index (κ1) is 22.5. The van der Waals surface area contributed by atoms with Crippen LogP contribution >= 0.6 is 11.8 Å². The van der Waals surface area contributed by atoms with E-state index in [-0.39, 0.29) is 29.1 Å². The molecule has 0 bridgehead atoms. The van der Waals surface area contributed by atoms with Gasteiger partial charge in [0.1, 0.15) is 5.82 Å². The minimum absolute atomic E-state index is 0.0813. The van der Waals surface area contributed by atoms with Gasteiger partial charge in [0.2, 0.25) is 5.91 Å². The van der Waals surface area contributed by atoms with E-state index in [1.165, 1.54) is 18.2 Å². The maximum absolute atomic E-state index is 12.5. The summed E-state index contributed by atoms with van der Waals surface area (Å²) in [5.74, 6) is 2.18. The van der Waals surface area contributed by atoms with Gasteiger partial charge in [0, 0.05) is 38.1 Å². The van der Waals surface area contributed by atoms with Crippen molar-refractivity contribution in [3.63, 3.8) is 0 Å². The van der Waals surface area contributed by atoms with Gasteiger partial charge in [-0.3, -0.25) is 4.79 Å². The van der Waals surface area contributed by atoms with Crippen LogP contribution in [0.1, 0.15) is 44.3 Å². The highest BCUT2D eigenvalue weighted by Crippen LogP contribution is 2.46. The van der Waals surface area contributed by atoms with Crippen LogP contribution < -0.4 is 14.8 Å². The second-order valence-electron chi connectivity index (χ2n) is 9.10. The standard InChI is InChI=1S/C22H28N4O5S2/c1-26-19(11-15-7-10-33(28,29)14-15)24-25-21(26)32-13-20(27)23-16-5-6-17-18(12-16)31-22(30-17)8-3-2-4-9-22/h5-6,12,15H,2-4,7-11,13-14H2,1H3,(H,23,27)/t15-/m1/s1. The Morgan fingerprint density at radius 3 is 2.76 bits per heavy atom. The molecule has 5 rings (SSSR count). The molecule has 1 spiro atoms. The number of hydrogen-bond acceptors (Lipinski definition) is 8. The average Bonchev–Trinajstić information content (AvgIpc) is 3.42. The number of nitrogens with one attached hydrogen (secondary N) is 1. The van der Waals surface area contributed by atoms with E-state index in [1.54, 1.807) is 0 Å². The fraction of sp³-hybridized carbons (Fsp3) is 0.591. The van der Waals surface area contributed by atoms with Crippen LogP contribution in [0, 0.1) is 5.92 Å². The summed E-state index contributed by atoms with van der Waals surface area (Å²) >= 11 is 1.30. The highest BCUT2D eigenvalue weighted by Gasteiger charge is 2.42. The molecule has 2 aromatic rings. The van der Waals surface area contributed by atoms with Gasteiger partial charge in [0.25, 0.3) is 5.79 Å². The predicted molar refractivity (Wildman–Crippen MR) is 124 cm³/mol. The Labute approximate surface area is 197 Å². The summed E-state index contributed by atoms with van der Waals surface area (Å²) in [5.41, 5.74) is 0.664. The fourth-order valence-corrected chi connectivity index (χ4v) is 7.32. The average molecular weight is 493 g/mol. The molecule has 33 heavy (non-hydrogen) atoms. The molecule has 2 aliphatic heterocycles. The zero-order chi connectivity index (χ0) is 23.1. The molecule has 1 aromatic heterocycles. The number of carbonyl (C=O) groups excluding carboxylic acids is 1. The van der Waals surface area contributed by atoms with Crippen molar-refractivity contribution in [1.82, 2.24) is 14.8 Å². The van der Waals surface area contributed by atoms with Gasteiger partial charge >= 0.3 is 0 Å². The lowest BCUT2D eigenvalue weighted by Crippen LogP contribution is -2.40. The Balaban J connectivity index is 1.15. The van der Waals surface area contributed by atoms with Crippen LogP contribution in [0.3, 0.4) is 0 Å². The maximum atomic E-state index is 12.5. The molecule has 1 amide bonds. The number of fused-ring (bicyclic) bond motifs is 1. The number of anilines is 1. The number of rotatable bonds is 6. The molecule has 11 heteroatoms. The third-order valence-corrected chi connectivity index (χ3v) is 9.35. The molecule has 1 aliphatic carbocycles. The highest BCUT2D eigenvalue weighted by atomic mass is 32.2. The Hall–Kier alpha value is -2.27. The van der Waals surface area contributed by atoms with Crippen molar-refractivity contribution in [2.75, 3.05) is 22.6 Å². The minimum atomic E-state index is -2.92. The molecule has 1 saturated heterocycles. The fourth-order valence-electron chi connectivity index (χ4n) is 4.73. The molecule has 178 valence electrons. The molecule has 0 unspecified atom stereocenters. The van der Waals surface area contributed by atoms with Crippen molar-refractivity contribution >= 4 is 33.2 Å². The summed E-state index contributed by atoms with van der Waals surface area (Å²) in [6.07, 6.45) is 6.41. The largest absolute Gasteiger partial charge is 0.448 e. The normalized spacial score (nSPS) is 22.5. The first-order chi connectivity index (χ1) is 15.8. The third-order valence-electron chi connectivity index (χ3n) is 6.49. The van der Waals surface area contributed by atoms with Crippen molar-refractivity contribution in [2.24, 2.45) is 13.0 Å². The van der Waals surface area contributed by atoms with Gasteiger partial charge in [-0.25, -0.2) is 8.42 Å². The Bertz CT molecular complexity index is 1160. The van der Waals surface area contributed by atoms with Crippen LogP contribution in [-0.4, -0.2) is 52.1 Å². The monoisotopic (exact) mass is 492 g/mol. The van der Waals surface area contributed by atoms with Crippen LogP contribution in [0.2, 0.25) is 0 Å². The molecule has 3 aliphatic rings. The summed E-state index contributed by atoms with van der Waals surface area (Å²) in [4.78, 5) is 12.5. The van der Waals surface area contributed by atoms with Crippen LogP contribution in [0.15, 0.2) is 23.4 Å². The smallest absolute Gasteiger partial charge is 0.251 e. The summed E-state index contributed by atoms with van der Waals surface area (Å²) in [6.45, 7) is 0. The second kappa shape index (κ2) is 8.83. The second-order valence-corrected chi connectivity index (χ2v) is 12.3. The summed E-state index contributed by atoms with van der Waals surface area (Å²) in [6, 6.07) is 5.49. The number of ether oxygens (including phenoxy) is 2. The van der Waals surface area contributed by atoms with Gasteiger partial charge in [-0.2, -0.15) is 0 Å². The van der Waals surface area contributed by atoms with Gasteiger partial charge < -0.3 is 19.4 Å². The quantitative estimate of drug-likeness (QED) is 0.613. The Morgan fingerprint density at radius 1 is 1.21 bits per heavy atom. The van der Waals surface area contributed by atoms with E-state index in [0.717, 1.165) is 37.3 Å². The summed E-state index contributed by atoms with van der Waals surface area (Å²) in [7, 11) is -1.07. The maximum Gasteiger partial charge on any atom is 0.251 e. The topological polar surface area (TPSA) is 112 Å². The molecule has 1 saturated carbocycles. The molecular formula is C22H28N4O5S2. The molecule has 0 radical (unpaired) electrons. The lowest BCUT2D eigenvalue weighted by Gasteiger charge is -2.31. The SMILES string of the molecule is Cn1c(C[C@H]2CCS(=O)(=O)C2)nnc1SCC(=O)Nc1ccc2c(c1)OC1(CCCCC1)O2. The van der Waals surface area contributed by atoms with E-state index in [2.05, 4.69) is 15.5 Å². The number of thioether (sulfide) groups is 1. The number of aromatic nitrogens is 3. The molecule has 1 aromatic carbocycles. The molecule has 1 N–H and O–H groups in total. The van der Waals surface area contributed by atoms with Gasteiger partial charge in [-0.1, -0.05) is 18.2 Å². The van der Waals surface area contributed by atoms with Crippen molar-refractivity contribution in [2.45, 2.75) is 55.9 Å². The predicted octanol–water partition coefficient (Wildman–Crippen LogP) is 2.95. The first-order valence-electron chi connectivity index (χ1n) is 11.3.